The number of rotatable bonds is 8. The van der Waals surface area contributed by atoms with Crippen LogP contribution in [-0.4, -0.2) is 39.4 Å². The number of aliphatic hydroxyl groups is 2. The number of hydrogen-bond donors (Lipinski definition) is 2. The molecule has 0 aromatic heterocycles. The van der Waals surface area contributed by atoms with Crippen LogP contribution in [-0.2, 0) is 9.47 Å². The average Bonchev–Trinajstić information content (AvgIpc) is 3.03. The first-order valence-electron chi connectivity index (χ1n) is 12.5. The topological polar surface area (TPSA) is 58.9 Å². The van der Waals surface area contributed by atoms with Gasteiger partial charge >= 0.3 is 0 Å². The molecule has 3 aliphatic rings. The van der Waals surface area contributed by atoms with Crippen LogP contribution < -0.4 is 0 Å². The molecule has 3 fully saturated rings. The van der Waals surface area contributed by atoms with Gasteiger partial charge in [-0.1, -0.05) is 26.2 Å². The second-order valence-corrected chi connectivity index (χ2v) is 12.5. The number of fused-ring (bicyclic) bond motifs is 1. The Hall–Kier alpha value is -0.160. The molecule has 0 radical (unpaired) electrons. The van der Waals surface area contributed by atoms with Crippen LogP contribution in [0.3, 0.4) is 0 Å². The van der Waals surface area contributed by atoms with Gasteiger partial charge in [0, 0.05) is 0 Å². The van der Waals surface area contributed by atoms with Gasteiger partial charge in [-0.05, 0) is 110 Å². The van der Waals surface area contributed by atoms with Crippen molar-refractivity contribution in [3.63, 3.8) is 0 Å². The van der Waals surface area contributed by atoms with Gasteiger partial charge in [0.25, 0.3) is 0 Å². The summed E-state index contributed by atoms with van der Waals surface area (Å²) < 4.78 is 12.4. The van der Waals surface area contributed by atoms with Gasteiger partial charge in [0.1, 0.15) is 0 Å². The molecular weight excluding hydrogens is 376 g/mol. The predicted molar refractivity (Wildman–Crippen MR) is 121 cm³/mol. The van der Waals surface area contributed by atoms with Gasteiger partial charge in [0.05, 0.1) is 23.4 Å². The van der Waals surface area contributed by atoms with Crippen LogP contribution >= 0.6 is 0 Å². The van der Waals surface area contributed by atoms with Gasteiger partial charge in [-0.3, -0.25) is 0 Å². The smallest absolute Gasteiger partial charge is 0.164 e. The molecular formula is C26H48O4. The van der Waals surface area contributed by atoms with Crippen LogP contribution in [0.5, 0.6) is 0 Å². The molecule has 1 heterocycles. The standard InChI is InChI=1S/C26H48O4/c1-23(2,28)16-8-10-18(12-15-22-24(3,4)30-25(5,6)29-22)19-13-14-20-21(27)11-9-17-26(19,20)7/h18-22,27-28H,8-17H2,1-7H3/t18?,19?,20?,21-,22?,26+/m0/s1. The summed E-state index contributed by atoms with van der Waals surface area (Å²) in [7, 11) is 0. The summed E-state index contributed by atoms with van der Waals surface area (Å²) in [6.45, 7) is 14.6. The van der Waals surface area contributed by atoms with Crippen molar-refractivity contribution in [3.8, 4) is 0 Å². The lowest BCUT2D eigenvalue weighted by atomic mass is 9.60. The molecule has 4 nitrogen and oxygen atoms in total. The van der Waals surface area contributed by atoms with Crippen LogP contribution in [0.4, 0.5) is 0 Å². The molecule has 6 atom stereocenters. The molecule has 4 unspecified atom stereocenters. The summed E-state index contributed by atoms with van der Waals surface area (Å²) >= 11 is 0. The fraction of sp³-hybridized carbons (Fsp3) is 1.00. The molecule has 1 saturated heterocycles. The third-order valence-electron chi connectivity index (χ3n) is 8.61. The highest BCUT2D eigenvalue weighted by atomic mass is 16.8. The minimum Gasteiger partial charge on any atom is -0.393 e. The van der Waals surface area contributed by atoms with E-state index >= 15 is 0 Å². The van der Waals surface area contributed by atoms with E-state index in [0.29, 0.717) is 17.8 Å². The summed E-state index contributed by atoms with van der Waals surface area (Å²) in [4.78, 5) is 0. The normalized spacial score (nSPS) is 39.1. The summed E-state index contributed by atoms with van der Waals surface area (Å²) in [5.74, 6) is 1.24. The van der Waals surface area contributed by atoms with Crippen LogP contribution in [0.25, 0.3) is 0 Å². The van der Waals surface area contributed by atoms with Gasteiger partial charge < -0.3 is 19.7 Å². The zero-order chi connectivity index (χ0) is 22.4. The van der Waals surface area contributed by atoms with E-state index in [1.807, 2.05) is 27.7 Å². The fourth-order valence-corrected chi connectivity index (χ4v) is 7.29. The Bertz CT molecular complexity index is 578. The summed E-state index contributed by atoms with van der Waals surface area (Å²) in [6.07, 6.45) is 11.0. The molecule has 2 saturated carbocycles. The maximum Gasteiger partial charge on any atom is 0.164 e. The minimum absolute atomic E-state index is 0.114. The second-order valence-electron chi connectivity index (χ2n) is 12.5. The van der Waals surface area contributed by atoms with E-state index in [4.69, 9.17) is 9.47 Å². The zero-order valence-electron chi connectivity index (χ0n) is 20.7. The Morgan fingerprint density at radius 2 is 1.73 bits per heavy atom. The van der Waals surface area contributed by atoms with Crippen molar-refractivity contribution < 1.29 is 19.7 Å². The summed E-state index contributed by atoms with van der Waals surface area (Å²) in [5, 5.41) is 20.9. The van der Waals surface area contributed by atoms with Crippen molar-refractivity contribution in [2.45, 2.75) is 142 Å². The largest absolute Gasteiger partial charge is 0.393 e. The molecule has 4 heteroatoms. The molecule has 3 rings (SSSR count). The summed E-state index contributed by atoms with van der Waals surface area (Å²) in [6, 6.07) is 0. The monoisotopic (exact) mass is 424 g/mol. The highest BCUT2D eigenvalue weighted by Gasteiger charge is 2.53. The Morgan fingerprint density at radius 1 is 1.03 bits per heavy atom. The molecule has 0 amide bonds. The van der Waals surface area contributed by atoms with Gasteiger partial charge in [-0.15, -0.1) is 0 Å². The van der Waals surface area contributed by atoms with E-state index in [-0.39, 0.29) is 23.2 Å². The van der Waals surface area contributed by atoms with E-state index in [0.717, 1.165) is 44.9 Å². The van der Waals surface area contributed by atoms with E-state index < -0.39 is 11.4 Å². The lowest BCUT2D eigenvalue weighted by molar-refractivity contribution is -0.157. The van der Waals surface area contributed by atoms with E-state index in [2.05, 4.69) is 20.8 Å². The highest BCUT2D eigenvalue weighted by Crippen LogP contribution is 2.59. The first-order chi connectivity index (χ1) is 13.7. The first-order valence-corrected chi connectivity index (χ1v) is 12.5. The van der Waals surface area contributed by atoms with Crippen molar-refractivity contribution in [3.05, 3.63) is 0 Å². The van der Waals surface area contributed by atoms with E-state index in [1.54, 1.807) is 0 Å². The van der Waals surface area contributed by atoms with Crippen LogP contribution in [0.2, 0.25) is 0 Å². The number of aliphatic hydroxyl groups excluding tert-OH is 1. The van der Waals surface area contributed by atoms with Crippen LogP contribution in [0.1, 0.15) is 113 Å². The lowest BCUT2D eigenvalue weighted by Gasteiger charge is -2.46. The Morgan fingerprint density at radius 3 is 2.33 bits per heavy atom. The molecule has 30 heavy (non-hydrogen) atoms. The van der Waals surface area contributed by atoms with Crippen molar-refractivity contribution in [2.24, 2.45) is 23.2 Å². The SMILES string of the molecule is CC(C)(O)CCCC(CCC1OC(C)(C)OC1(C)C)C1CCC2[C@@H](O)CCC[C@]12C. The molecule has 0 spiro atoms. The maximum atomic E-state index is 10.7. The van der Waals surface area contributed by atoms with Crippen molar-refractivity contribution >= 4 is 0 Å². The predicted octanol–water partition coefficient (Wildman–Crippen LogP) is 5.83. The van der Waals surface area contributed by atoms with Crippen LogP contribution in [0, 0.1) is 23.2 Å². The highest BCUT2D eigenvalue weighted by molar-refractivity contribution is 5.02. The Balaban J connectivity index is 1.71. The average molecular weight is 425 g/mol. The van der Waals surface area contributed by atoms with Gasteiger partial charge in [0.15, 0.2) is 5.79 Å². The minimum atomic E-state index is -0.595. The Labute approximate surface area is 185 Å². The molecule has 1 aliphatic heterocycles. The quantitative estimate of drug-likeness (QED) is 0.514. The molecule has 0 bridgehead atoms. The van der Waals surface area contributed by atoms with Crippen molar-refractivity contribution in [1.82, 2.24) is 0 Å². The third kappa shape index (κ3) is 5.42. The van der Waals surface area contributed by atoms with Crippen molar-refractivity contribution in [2.75, 3.05) is 0 Å². The third-order valence-corrected chi connectivity index (χ3v) is 8.61. The van der Waals surface area contributed by atoms with Gasteiger partial charge in [0.2, 0.25) is 0 Å². The molecule has 0 aromatic carbocycles. The van der Waals surface area contributed by atoms with Gasteiger partial charge in [-0.25, -0.2) is 0 Å². The summed E-state index contributed by atoms with van der Waals surface area (Å²) in [5.41, 5.74) is -0.592. The fourth-order valence-electron chi connectivity index (χ4n) is 7.29. The second kappa shape index (κ2) is 8.65. The molecule has 0 aromatic rings. The van der Waals surface area contributed by atoms with Crippen molar-refractivity contribution in [1.29, 1.82) is 0 Å². The van der Waals surface area contributed by atoms with E-state index in [9.17, 15) is 10.2 Å². The zero-order valence-corrected chi connectivity index (χ0v) is 20.7. The van der Waals surface area contributed by atoms with Gasteiger partial charge in [-0.2, -0.15) is 0 Å². The van der Waals surface area contributed by atoms with Crippen LogP contribution in [0.15, 0.2) is 0 Å². The first kappa shape index (κ1) is 24.5. The number of hydrogen-bond acceptors (Lipinski definition) is 4. The molecule has 2 aliphatic carbocycles. The maximum absolute atomic E-state index is 10.7. The number of ether oxygens (including phenoxy) is 2. The molecule has 2 N–H and O–H groups in total. The molecule has 176 valence electrons. The lowest BCUT2D eigenvalue weighted by Crippen LogP contribution is -2.42. The van der Waals surface area contributed by atoms with E-state index in [1.165, 1.54) is 19.3 Å². The Kier molecular flexibility index (Phi) is 7.06.